The molecule has 8 aromatic rings. The Morgan fingerprint density at radius 2 is 0.699 bits per heavy atom. The average molecular weight is 1670 g/mol. The highest BCUT2D eigenvalue weighted by Gasteiger charge is 2.72. The molecular weight excluding hydrogens is 1610 g/mol. The lowest BCUT2D eigenvalue weighted by Crippen LogP contribution is -2.48. The molecule has 18 heterocycles. The quantitative estimate of drug-likeness (QED) is 0.0224. The molecule has 10 fully saturated rings. The number of aryl methyl sites for hydroxylation is 2. The van der Waals surface area contributed by atoms with Crippen LogP contribution >= 0.6 is 31.3 Å². The number of phosphoric ester groups is 4. The normalized spacial score (nSPS) is 36.1. The molecule has 0 amide bonds. The van der Waals surface area contributed by atoms with Gasteiger partial charge in [0, 0.05) is 23.5 Å². The highest BCUT2D eigenvalue weighted by Crippen LogP contribution is 2.63. The Morgan fingerprint density at radius 1 is 0.425 bits per heavy atom. The summed E-state index contributed by atoms with van der Waals surface area (Å²) in [5.41, 5.74) is -0.451. The summed E-state index contributed by atoms with van der Waals surface area (Å²) < 4.78 is 171. The number of nitrogens with one attached hydrogen (secondary N) is 5. The molecule has 8 aromatic heterocycles. The third-order valence-corrected chi connectivity index (χ3v) is 24.9. The molecule has 54 nitrogen and oxygen atoms in total. The number of rotatable bonds is 26. The van der Waals surface area contributed by atoms with Crippen molar-refractivity contribution in [2.75, 3.05) is 83.3 Å². The fourth-order valence-corrected chi connectivity index (χ4v) is 19.8. The largest absolute Gasteiger partial charge is 0.472 e. The van der Waals surface area contributed by atoms with Crippen molar-refractivity contribution in [1.82, 2.24) is 77.7 Å². The number of aromatic amines is 5. The number of nitrogen functional groups attached to an aromatic ring is 3. The van der Waals surface area contributed by atoms with E-state index in [2.05, 4.69) is 54.8 Å². The van der Waals surface area contributed by atoms with E-state index >= 15 is 0 Å². The standard InChI is InChI=1S/C55H63N19O35P4/c1-18-3-70(49(82)68-36(18)77)41-23-28(76)52(102-41,7-92-23)11-97-110(84,85)107-30-25-43(72-15-59-20-33(72)62-46(56)65-38(20)79)104-54(30,9-94-25)13-99-112(88,89)109-32-27-45(74-17-61-22-35(74)64-48(58)67-40(22)81)105-55(32,10-96-27)14-100-113(90,91)108-31-26-44(73-16-60-21-34(73)63-47(57)66-39(21)80)103-53(31,8-95-26)12-98-111(86,87)106-29-24-42(101-51(29,5-75)6-93-24)71-4-19(2)37(78)69-50(71)83/h3-4,15-17,23-32,41-45,75-76H,5-14H2,1-2H3,(H,84,85)(H,86,87)(H,88,89)(H,90,91)(H,68,77,82)(H,69,78,83)(H3,56,62,65,79)(H3,57,63,66,80)(H3,58,64,67,81)/t23-,24-,25-,26-,27-,28+,29+,30+,31-,32+,41-,42-,43-,44-,45-,51+,52-,53-,54-,55-/m0/s1. The number of ether oxygens (including phenoxy) is 10. The Balaban J connectivity index is 0.623. The highest BCUT2D eigenvalue weighted by atomic mass is 31.2. The summed E-state index contributed by atoms with van der Waals surface area (Å²) in [6.45, 7) is -5.78. The molecule has 0 spiro atoms. The Bertz CT molecular complexity index is 5930. The number of nitrogens with two attached hydrogens (primary N) is 3. The van der Waals surface area contributed by atoms with Crippen molar-refractivity contribution < 1.29 is 132 Å². The molecule has 4 unspecified atom stereocenters. The molecule has 0 aliphatic carbocycles. The van der Waals surface area contributed by atoms with Crippen LogP contribution in [-0.4, -0.2) is 263 Å². The summed E-state index contributed by atoms with van der Waals surface area (Å²) in [4.78, 5) is 173. The van der Waals surface area contributed by atoms with Crippen molar-refractivity contribution in [3.8, 4) is 0 Å². The van der Waals surface area contributed by atoms with Gasteiger partial charge in [-0.05, 0) is 13.8 Å². The van der Waals surface area contributed by atoms with E-state index in [1.165, 1.54) is 13.8 Å². The first kappa shape index (κ1) is 76.1. The van der Waals surface area contributed by atoms with Gasteiger partial charge < -0.3 is 94.4 Å². The predicted molar refractivity (Wildman–Crippen MR) is 358 cm³/mol. The summed E-state index contributed by atoms with van der Waals surface area (Å²) in [5, 5.41) is 22.1. The van der Waals surface area contributed by atoms with Crippen LogP contribution in [-0.2, 0) is 102 Å². The number of aliphatic hydroxyl groups is 2. The second-order valence-electron chi connectivity index (χ2n) is 28.2. The molecule has 10 bridgehead atoms. The predicted octanol–water partition coefficient (Wildman–Crippen LogP) is -6.46. The van der Waals surface area contributed by atoms with E-state index in [1.807, 2.05) is 0 Å². The topological polar surface area (TPSA) is 734 Å². The molecule has 0 saturated carbocycles. The minimum atomic E-state index is -5.83. The minimum absolute atomic E-state index is 0.0526. The number of phosphoric acid groups is 4. The number of nitrogens with zero attached hydrogens (tertiary/aromatic N) is 11. The van der Waals surface area contributed by atoms with Gasteiger partial charge in [-0.1, -0.05) is 0 Å². The molecular formula is C55H63N19O35P4. The van der Waals surface area contributed by atoms with E-state index in [0.717, 1.165) is 54.2 Å². The lowest BCUT2D eigenvalue weighted by molar-refractivity contribution is -0.189. The zero-order chi connectivity index (χ0) is 79.6. The maximum Gasteiger partial charge on any atom is 0.472 e. The third-order valence-electron chi connectivity index (χ3n) is 21.1. The Hall–Kier alpha value is -8.23. The molecule has 58 heteroatoms. The molecule has 10 aliphatic heterocycles. The molecule has 0 radical (unpaired) electrons. The Morgan fingerprint density at radius 3 is 1.04 bits per heavy atom. The van der Waals surface area contributed by atoms with E-state index in [1.54, 1.807) is 0 Å². The molecule has 10 saturated heterocycles. The molecule has 608 valence electrons. The van der Waals surface area contributed by atoms with E-state index in [9.17, 15) is 81.6 Å². The van der Waals surface area contributed by atoms with E-state index in [4.69, 9.17) is 101 Å². The van der Waals surface area contributed by atoms with Crippen LogP contribution in [0.5, 0.6) is 0 Å². The van der Waals surface area contributed by atoms with Gasteiger partial charge in [-0.3, -0.25) is 108 Å². The second-order valence-corrected chi connectivity index (χ2v) is 33.8. The van der Waals surface area contributed by atoms with E-state index < -0.39 is 275 Å². The van der Waals surface area contributed by atoms with Crippen molar-refractivity contribution in [1.29, 1.82) is 0 Å². The van der Waals surface area contributed by atoms with Gasteiger partial charge in [0.05, 0.1) is 85.1 Å². The van der Waals surface area contributed by atoms with Crippen molar-refractivity contribution >= 4 is 82.6 Å². The fourth-order valence-electron chi connectivity index (χ4n) is 15.7. The van der Waals surface area contributed by atoms with Gasteiger partial charge in [0.15, 0.2) is 64.6 Å². The van der Waals surface area contributed by atoms with Gasteiger partial charge in [0.1, 0.15) is 89.0 Å². The van der Waals surface area contributed by atoms with E-state index in [-0.39, 0.29) is 44.6 Å². The number of hydrogen-bond donors (Lipinski definition) is 14. The number of H-pyrrole nitrogens is 5. The van der Waals surface area contributed by atoms with Crippen LogP contribution in [0.2, 0.25) is 0 Å². The molecule has 10 aliphatic rings. The van der Waals surface area contributed by atoms with Crippen LogP contribution in [0.15, 0.2) is 64.9 Å². The fraction of sp³-hybridized carbons (Fsp3) is 0.582. The second kappa shape index (κ2) is 26.4. The van der Waals surface area contributed by atoms with Crippen molar-refractivity contribution in [3.63, 3.8) is 0 Å². The first-order valence-electron chi connectivity index (χ1n) is 33.7. The maximum atomic E-state index is 15.0. The molecule has 17 N–H and O–H groups in total. The van der Waals surface area contributed by atoms with Crippen LogP contribution < -0.4 is 56.4 Å². The van der Waals surface area contributed by atoms with Gasteiger partial charge in [-0.15, -0.1) is 0 Å². The maximum absolute atomic E-state index is 15.0. The summed E-state index contributed by atoms with van der Waals surface area (Å²) >= 11 is 0. The lowest BCUT2D eigenvalue weighted by atomic mass is 10.0. The molecule has 24 atom stereocenters. The van der Waals surface area contributed by atoms with Crippen LogP contribution in [0.4, 0.5) is 17.8 Å². The summed E-state index contributed by atoms with van der Waals surface area (Å²) in [6.07, 6.45) is -19.0. The number of imidazole rings is 3. The first-order chi connectivity index (χ1) is 53.5. The summed E-state index contributed by atoms with van der Waals surface area (Å²) in [5.74, 6) is -1.23. The van der Waals surface area contributed by atoms with Gasteiger partial charge in [-0.2, -0.15) is 15.0 Å². The Kier molecular flexibility index (Phi) is 17.8. The summed E-state index contributed by atoms with van der Waals surface area (Å²) in [7, 11) is -22.8. The van der Waals surface area contributed by atoms with Crippen LogP contribution in [0, 0.1) is 13.8 Å². The number of fused-ring (bicyclic) bond motifs is 13. The number of aromatic nitrogens is 16. The molecule has 0 aromatic carbocycles. The zero-order valence-corrected chi connectivity index (χ0v) is 61.2. The first-order valence-corrected chi connectivity index (χ1v) is 39.6. The average Bonchev–Trinajstić information content (AvgIpc) is 1.57. The third kappa shape index (κ3) is 12.4. The van der Waals surface area contributed by atoms with Gasteiger partial charge in [0.25, 0.3) is 27.8 Å². The molecule has 113 heavy (non-hydrogen) atoms. The van der Waals surface area contributed by atoms with Crippen LogP contribution in [0.3, 0.4) is 0 Å². The number of anilines is 3. The Labute approximate surface area is 622 Å². The van der Waals surface area contributed by atoms with Crippen LogP contribution in [0.25, 0.3) is 33.5 Å². The van der Waals surface area contributed by atoms with Gasteiger partial charge >= 0.3 is 42.7 Å². The lowest BCUT2D eigenvalue weighted by Gasteiger charge is -2.34. The van der Waals surface area contributed by atoms with Crippen molar-refractivity contribution in [2.24, 2.45) is 0 Å². The molecule has 18 rings (SSSR count). The highest BCUT2D eigenvalue weighted by molar-refractivity contribution is 7.48. The summed E-state index contributed by atoms with van der Waals surface area (Å²) in [6, 6.07) is 0. The minimum Gasteiger partial charge on any atom is -0.393 e. The van der Waals surface area contributed by atoms with Crippen molar-refractivity contribution in [3.05, 3.63) is 115 Å². The van der Waals surface area contributed by atoms with Gasteiger partial charge in [-0.25, -0.2) is 42.8 Å². The number of aliphatic hydroxyl groups excluding tert-OH is 2. The van der Waals surface area contributed by atoms with Crippen molar-refractivity contribution in [2.45, 2.75) is 134 Å². The monoisotopic (exact) mass is 1670 g/mol. The zero-order valence-electron chi connectivity index (χ0n) is 57.6. The number of hydrogen-bond acceptors (Lipinski definition) is 40. The van der Waals surface area contributed by atoms with E-state index in [0.29, 0.717) is 0 Å². The SMILES string of the molecule is Cc1cn([C@H]2O[C@]3(COP(=O)(O)O[C@@H]4[C@@H]5OC[C@@]4(COP(=O)(O)O[C@@H]4[C@@H]6OC[C@@]4(COP(=O)(O)O[C@H]4[C@@H]7OC[C@@]4(COP(=O)(O)O[C@@H]4[C@@H]8OC[C@@]4(CO)O[C@@H]8n4cc(C)c(=O)[nH]c4=O)O[C@@H]7n4cnc7c(=O)[nH]c(N)nc74)O[C@@H]6n4cnc6c(=O)[nH]c(N)nc64)O[C@@H]5n4cnc5c(=O)[nH]c(N)nc54)CO[C@H]2[C@H]3O)c(=O)[nH]c1=O. The van der Waals surface area contributed by atoms with Gasteiger partial charge in [0.2, 0.25) is 17.8 Å². The smallest absolute Gasteiger partial charge is 0.393 e. The van der Waals surface area contributed by atoms with Crippen LogP contribution in [0.1, 0.15) is 42.3 Å².